The first-order valence-electron chi connectivity index (χ1n) is 14.5. The molecule has 13 heteroatoms. The number of ether oxygens (including phenoxy) is 1. The van der Waals surface area contributed by atoms with E-state index in [4.69, 9.17) is 16.3 Å². The molecular weight excluding hydrogens is 589 g/mol. The summed E-state index contributed by atoms with van der Waals surface area (Å²) in [6.07, 6.45) is 4.86. The number of carbonyl (C=O) groups excluding carboxylic acids is 2. The van der Waals surface area contributed by atoms with Crippen LogP contribution in [0.1, 0.15) is 22.3 Å². The maximum Gasteiger partial charge on any atom is 0.254 e. The lowest BCUT2D eigenvalue weighted by Gasteiger charge is -2.38. The minimum atomic E-state index is -0.681. The van der Waals surface area contributed by atoms with Gasteiger partial charge in [-0.2, -0.15) is 0 Å². The number of aromatic nitrogens is 3. The van der Waals surface area contributed by atoms with E-state index in [9.17, 15) is 19.1 Å². The quantitative estimate of drug-likeness (QED) is 0.299. The zero-order valence-corrected chi connectivity index (χ0v) is 25.1. The van der Waals surface area contributed by atoms with Crippen LogP contribution < -0.4 is 15.4 Å². The van der Waals surface area contributed by atoms with Gasteiger partial charge in [0.25, 0.3) is 5.91 Å². The molecule has 230 valence electrons. The molecule has 0 spiro atoms. The number of methoxy groups -OCH3 is 1. The smallest absolute Gasteiger partial charge is 0.254 e. The lowest BCUT2D eigenvalue weighted by Crippen LogP contribution is -2.55. The van der Waals surface area contributed by atoms with Gasteiger partial charge >= 0.3 is 0 Å². The molecule has 6 rings (SSSR count). The van der Waals surface area contributed by atoms with Crippen LogP contribution in [0.15, 0.2) is 48.9 Å². The van der Waals surface area contributed by atoms with Crippen LogP contribution in [0.3, 0.4) is 0 Å². The minimum Gasteiger partial charge on any atom is -0.494 e. The van der Waals surface area contributed by atoms with E-state index in [1.165, 1.54) is 13.2 Å². The number of fused-ring (bicyclic) bond motifs is 1. The van der Waals surface area contributed by atoms with Gasteiger partial charge in [-0.1, -0.05) is 11.6 Å². The molecule has 11 nitrogen and oxygen atoms in total. The molecule has 2 aromatic carbocycles. The number of aliphatic hydroxyl groups excluding tert-OH is 1. The molecule has 4 heterocycles. The molecule has 1 unspecified atom stereocenters. The highest BCUT2D eigenvalue weighted by Crippen LogP contribution is 2.36. The van der Waals surface area contributed by atoms with Crippen LogP contribution in [-0.4, -0.2) is 93.6 Å². The lowest BCUT2D eigenvalue weighted by atomic mass is 9.93. The van der Waals surface area contributed by atoms with Crippen molar-refractivity contribution in [2.75, 3.05) is 51.7 Å². The van der Waals surface area contributed by atoms with Crippen molar-refractivity contribution in [2.24, 2.45) is 5.92 Å². The Balaban J connectivity index is 1.14. The first-order valence-corrected chi connectivity index (χ1v) is 14.8. The van der Waals surface area contributed by atoms with Crippen LogP contribution >= 0.6 is 11.6 Å². The number of piperazine rings is 1. The maximum atomic E-state index is 14.6. The number of rotatable bonds is 6. The molecule has 4 aromatic rings. The summed E-state index contributed by atoms with van der Waals surface area (Å²) in [6.45, 7) is 4.75. The minimum absolute atomic E-state index is 0.0369. The molecule has 0 radical (unpaired) electrons. The first-order chi connectivity index (χ1) is 21.3. The van der Waals surface area contributed by atoms with Gasteiger partial charge < -0.3 is 30.3 Å². The number of halogens is 2. The highest BCUT2D eigenvalue weighted by atomic mass is 35.5. The van der Waals surface area contributed by atoms with E-state index >= 15 is 0 Å². The molecular formula is C31H33ClFN7O4. The number of carbonyl (C=O) groups is 2. The highest BCUT2D eigenvalue weighted by molar-refractivity contribution is 6.33. The van der Waals surface area contributed by atoms with Crippen molar-refractivity contribution in [1.29, 1.82) is 0 Å². The fourth-order valence-corrected chi connectivity index (χ4v) is 6.13. The summed E-state index contributed by atoms with van der Waals surface area (Å²) in [5.41, 5.74) is 3.64. The Bertz CT molecular complexity index is 1720. The molecule has 2 aliphatic heterocycles. The van der Waals surface area contributed by atoms with Crippen LogP contribution in [0.2, 0.25) is 5.02 Å². The number of imidazole rings is 1. The molecule has 0 saturated carbocycles. The van der Waals surface area contributed by atoms with Crippen molar-refractivity contribution in [1.82, 2.24) is 29.5 Å². The predicted molar refractivity (Wildman–Crippen MR) is 164 cm³/mol. The molecule has 3 N–H and O–H groups in total. The third-order valence-corrected chi connectivity index (χ3v) is 8.71. The number of anilines is 2. The SMILES string of the molecule is COc1ccc(-c2cnc3c(Nc4ccc(C(=O)N5CCN(C(=O)C6CCNC[C@@H]6O)CC5)c(C)c4)nccn23)c(Cl)c1F. The normalized spacial score (nSPS) is 18.8. The monoisotopic (exact) mass is 621 g/mol. The van der Waals surface area contributed by atoms with Crippen LogP contribution in [-0.2, 0) is 4.79 Å². The second-order valence-electron chi connectivity index (χ2n) is 11.0. The third-order valence-electron chi connectivity index (χ3n) is 8.34. The average Bonchev–Trinajstić information content (AvgIpc) is 3.47. The van der Waals surface area contributed by atoms with Crippen molar-refractivity contribution in [3.8, 4) is 17.0 Å². The second kappa shape index (κ2) is 12.4. The number of hydrogen-bond acceptors (Lipinski definition) is 8. The third kappa shape index (κ3) is 5.56. The number of nitrogens with one attached hydrogen (secondary N) is 2. The summed E-state index contributed by atoms with van der Waals surface area (Å²) in [5.74, 6) is -0.638. The summed E-state index contributed by atoms with van der Waals surface area (Å²) in [5, 5.41) is 16.5. The molecule has 0 aliphatic carbocycles. The number of amides is 2. The van der Waals surface area contributed by atoms with E-state index in [0.29, 0.717) is 79.7 Å². The van der Waals surface area contributed by atoms with Gasteiger partial charge in [-0.15, -0.1) is 0 Å². The van der Waals surface area contributed by atoms with Crippen molar-refractivity contribution in [2.45, 2.75) is 19.4 Å². The number of aliphatic hydroxyl groups is 1. The standard InChI is InChI=1S/C31H33ClFN7O4/c1-18-15-19(3-4-20(18)30(42)38-11-13-39(14-12-38)31(43)22-7-8-34-17-24(22)41)37-28-29-36-16-23(40(29)10-9-35-28)21-5-6-25(44-2)27(33)26(21)32/h3-6,9-10,15-16,22,24,34,41H,7-8,11-14,17H2,1-2H3,(H,35,37)/t22?,24-/m0/s1. The van der Waals surface area contributed by atoms with Gasteiger partial charge in [0.1, 0.15) is 0 Å². The number of aryl methyl sites for hydroxylation is 1. The second-order valence-corrected chi connectivity index (χ2v) is 11.4. The summed E-state index contributed by atoms with van der Waals surface area (Å²) in [6, 6.07) is 8.65. The summed E-state index contributed by atoms with van der Waals surface area (Å²) < 4.78 is 21.4. The summed E-state index contributed by atoms with van der Waals surface area (Å²) >= 11 is 6.32. The van der Waals surface area contributed by atoms with Gasteiger partial charge in [0.15, 0.2) is 23.0 Å². The Hall–Kier alpha value is -4.26. The van der Waals surface area contributed by atoms with Crippen LogP contribution in [0.25, 0.3) is 16.9 Å². The van der Waals surface area contributed by atoms with Crippen molar-refractivity contribution in [3.63, 3.8) is 0 Å². The molecule has 2 saturated heterocycles. The van der Waals surface area contributed by atoms with E-state index in [1.54, 1.807) is 44.9 Å². The number of hydrogen-bond donors (Lipinski definition) is 3. The van der Waals surface area contributed by atoms with E-state index < -0.39 is 17.8 Å². The Kier molecular flexibility index (Phi) is 8.39. The zero-order chi connectivity index (χ0) is 31.0. The van der Waals surface area contributed by atoms with Gasteiger partial charge in [-0.3, -0.25) is 14.0 Å². The van der Waals surface area contributed by atoms with Crippen LogP contribution in [0.4, 0.5) is 15.9 Å². The van der Waals surface area contributed by atoms with Crippen molar-refractivity contribution >= 4 is 40.6 Å². The van der Waals surface area contributed by atoms with E-state index in [-0.39, 0.29) is 22.6 Å². The average molecular weight is 622 g/mol. The van der Waals surface area contributed by atoms with Crippen LogP contribution in [0, 0.1) is 18.7 Å². The Morgan fingerprint density at radius 2 is 1.91 bits per heavy atom. The van der Waals surface area contributed by atoms with Crippen molar-refractivity contribution < 1.29 is 23.8 Å². The first kappa shape index (κ1) is 29.8. The van der Waals surface area contributed by atoms with E-state index in [1.807, 2.05) is 19.1 Å². The highest BCUT2D eigenvalue weighted by Gasteiger charge is 2.34. The van der Waals surface area contributed by atoms with Gasteiger partial charge in [0, 0.05) is 61.9 Å². The van der Waals surface area contributed by atoms with Gasteiger partial charge in [-0.05, 0) is 55.8 Å². The molecule has 0 bridgehead atoms. The summed E-state index contributed by atoms with van der Waals surface area (Å²) in [4.78, 5) is 38.8. The maximum absolute atomic E-state index is 14.6. The number of β-amino-alcohol motifs (C(OH)–C–C–N with tert-alkyl or cyclic N) is 1. The molecule has 2 fully saturated rings. The van der Waals surface area contributed by atoms with Gasteiger partial charge in [0.05, 0.1) is 36.0 Å². The van der Waals surface area contributed by atoms with E-state index in [0.717, 1.165) is 5.56 Å². The Morgan fingerprint density at radius 3 is 2.64 bits per heavy atom. The fraction of sp³-hybridized carbons (Fsp3) is 0.355. The largest absolute Gasteiger partial charge is 0.494 e. The van der Waals surface area contributed by atoms with E-state index in [2.05, 4.69) is 20.6 Å². The summed E-state index contributed by atoms with van der Waals surface area (Å²) in [7, 11) is 1.38. The molecule has 2 aliphatic rings. The number of piperidine rings is 1. The Morgan fingerprint density at radius 1 is 1.14 bits per heavy atom. The zero-order valence-electron chi connectivity index (χ0n) is 24.4. The molecule has 2 aromatic heterocycles. The van der Waals surface area contributed by atoms with Crippen LogP contribution in [0.5, 0.6) is 5.75 Å². The predicted octanol–water partition coefficient (Wildman–Crippen LogP) is 3.50. The van der Waals surface area contributed by atoms with Gasteiger partial charge in [-0.25, -0.2) is 14.4 Å². The molecule has 44 heavy (non-hydrogen) atoms. The topological polar surface area (TPSA) is 124 Å². The molecule has 2 atom stereocenters. The van der Waals surface area contributed by atoms with Gasteiger partial charge in [0.2, 0.25) is 5.91 Å². The lowest BCUT2D eigenvalue weighted by molar-refractivity contribution is -0.141. The Labute approximate surface area is 258 Å². The number of nitrogens with zero attached hydrogens (tertiary/aromatic N) is 5. The molecule has 2 amide bonds. The fourth-order valence-electron chi connectivity index (χ4n) is 5.88. The van der Waals surface area contributed by atoms with Crippen molar-refractivity contribution in [3.05, 3.63) is 70.9 Å². The number of benzene rings is 2.